The topological polar surface area (TPSA) is 35.6 Å². The standard InChI is InChI=1S/C17H24FN3O.ClH/c1-13-6-7-19-16(12-13)17(22)21-10-8-20(9-11-21)15-4-2-14(18)3-5-15;/h2-5,13,16,19H,6-12H2,1H3;1H. The van der Waals surface area contributed by atoms with Crippen LogP contribution in [0.3, 0.4) is 0 Å². The molecule has 2 saturated heterocycles. The van der Waals surface area contributed by atoms with E-state index in [9.17, 15) is 9.18 Å². The molecule has 1 N–H and O–H groups in total. The number of amides is 1. The molecule has 0 aliphatic carbocycles. The van der Waals surface area contributed by atoms with Gasteiger partial charge in [-0.1, -0.05) is 6.92 Å². The number of carbonyl (C=O) groups is 1. The van der Waals surface area contributed by atoms with Gasteiger partial charge >= 0.3 is 0 Å². The fourth-order valence-corrected chi connectivity index (χ4v) is 3.35. The van der Waals surface area contributed by atoms with Gasteiger partial charge in [0.2, 0.25) is 5.91 Å². The van der Waals surface area contributed by atoms with Crippen LogP contribution in [-0.4, -0.2) is 49.6 Å². The van der Waals surface area contributed by atoms with Crippen LogP contribution in [0, 0.1) is 11.7 Å². The predicted molar refractivity (Wildman–Crippen MR) is 92.6 cm³/mol. The zero-order valence-corrected chi connectivity index (χ0v) is 14.3. The normalized spacial score (nSPS) is 25.0. The van der Waals surface area contributed by atoms with Gasteiger partial charge < -0.3 is 15.1 Å². The van der Waals surface area contributed by atoms with Crippen molar-refractivity contribution in [3.05, 3.63) is 30.1 Å². The van der Waals surface area contributed by atoms with Gasteiger partial charge in [0.1, 0.15) is 5.82 Å². The van der Waals surface area contributed by atoms with Crippen molar-refractivity contribution in [2.45, 2.75) is 25.8 Å². The molecule has 23 heavy (non-hydrogen) atoms. The summed E-state index contributed by atoms with van der Waals surface area (Å²) in [5.74, 6) is 0.649. The fourth-order valence-electron chi connectivity index (χ4n) is 3.35. The Kier molecular flexibility index (Phi) is 6.25. The van der Waals surface area contributed by atoms with Crippen LogP contribution in [0.1, 0.15) is 19.8 Å². The zero-order chi connectivity index (χ0) is 15.5. The van der Waals surface area contributed by atoms with Crippen molar-refractivity contribution in [1.29, 1.82) is 0 Å². The molecule has 2 aliphatic heterocycles. The summed E-state index contributed by atoms with van der Waals surface area (Å²) < 4.78 is 13.0. The Bertz CT molecular complexity index is 517. The van der Waals surface area contributed by atoms with Crippen LogP contribution in [0.5, 0.6) is 0 Å². The van der Waals surface area contributed by atoms with E-state index in [1.54, 1.807) is 12.1 Å². The number of piperazine rings is 1. The number of nitrogens with zero attached hydrogens (tertiary/aromatic N) is 2. The third-order valence-electron chi connectivity index (χ3n) is 4.75. The molecule has 0 bridgehead atoms. The second-order valence-corrected chi connectivity index (χ2v) is 6.43. The van der Waals surface area contributed by atoms with Gasteiger partial charge in [-0.15, -0.1) is 12.4 Å². The van der Waals surface area contributed by atoms with Gasteiger partial charge in [-0.05, 0) is 49.6 Å². The smallest absolute Gasteiger partial charge is 0.239 e. The van der Waals surface area contributed by atoms with Crippen molar-refractivity contribution in [2.24, 2.45) is 5.92 Å². The minimum Gasteiger partial charge on any atom is -0.368 e. The Morgan fingerprint density at radius 1 is 1.17 bits per heavy atom. The predicted octanol–water partition coefficient (Wildman–Crippen LogP) is 2.28. The highest BCUT2D eigenvalue weighted by molar-refractivity contribution is 5.85. The molecule has 2 aliphatic rings. The van der Waals surface area contributed by atoms with Crippen LogP contribution in [-0.2, 0) is 4.79 Å². The summed E-state index contributed by atoms with van der Waals surface area (Å²) in [5.41, 5.74) is 1.03. The lowest BCUT2D eigenvalue weighted by Gasteiger charge is -2.39. The Balaban J connectivity index is 0.00000192. The number of halogens is 2. The monoisotopic (exact) mass is 341 g/mol. The van der Waals surface area contributed by atoms with E-state index in [4.69, 9.17) is 0 Å². The SMILES string of the molecule is CC1CCNC(C(=O)N2CCN(c3ccc(F)cc3)CC2)C1.Cl. The van der Waals surface area contributed by atoms with E-state index in [0.717, 1.165) is 51.3 Å². The first kappa shape index (κ1) is 18.0. The third-order valence-corrected chi connectivity index (χ3v) is 4.75. The van der Waals surface area contributed by atoms with Crippen LogP contribution in [0.2, 0.25) is 0 Å². The minimum absolute atomic E-state index is 0. The van der Waals surface area contributed by atoms with E-state index in [0.29, 0.717) is 5.92 Å². The third kappa shape index (κ3) is 4.36. The number of anilines is 1. The van der Waals surface area contributed by atoms with Crippen LogP contribution < -0.4 is 10.2 Å². The van der Waals surface area contributed by atoms with Crippen molar-refractivity contribution < 1.29 is 9.18 Å². The molecule has 0 spiro atoms. The van der Waals surface area contributed by atoms with Crippen molar-refractivity contribution in [3.63, 3.8) is 0 Å². The molecule has 0 aromatic heterocycles. The number of nitrogens with one attached hydrogen (secondary N) is 1. The summed E-state index contributed by atoms with van der Waals surface area (Å²) >= 11 is 0. The zero-order valence-electron chi connectivity index (χ0n) is 13.5. The summed E-state index contributed by atoms with van der Waals surface area (Å²) in [6.07, 6.45) is 2.10. The second-order valence-electron chi connectivity index (χ2n) is 6.43. The van der Waals surface area contributed by atoms with Gasteiger partial charge in [0.05, 0.1) is 6.04 Å². The maximum Gasteiger partial charge on any atom is 0.239 e. The number of hydrogen-bond acceptors (Lipinski definition) is 3. The number of carbonyl (C=O) groups excluding carboxylic acids is 1. The van der Waals surface area contributed by atoms with Crippen molar-refractivity contribution in [1.82, 2.24) is 10.2 Å². The molecule has 2 unspecified atom stereocenters. The Labute approximate surface area is 143 Å². The lowest BCUT2D eigenvalue weighted by molar-refractivity contribution is -0.134. The lowest BCUT2D eigenvalue weighted by atomic mass is 9.93. The molecule has 1 aromatic carbocycles. The molecule has 2 atom stereocenters. The Hall–Kier alpha value is -1.33. The summed E-state index contributed by atoms with van der Waals surface area (Å²) in [6.45, 7) is 6.24. The van der Waals surface area contributed by atoms with Gasteiger partial charge in [0, 0.05) is 31.9 Å². The molecule has 4 nitrogen and oxygen atoms in total. The van der Waals surface area contributed by atoms with E-state index in [2.05, 4.69) is 17.1 Å². The molecular weight excluding hydrogens is 317 g/mol. The molecule has 1 aromatic rings. The number of hydrogen-bond donors (Lipinski definition) is 1. The highest BCUT2D eigenvalue weighted by Crippen LogP contribution is 2.20. The van der Waals surface area contributed by atoms with E-state index in [1.807, 2.05) is 4.90 Å². The van der Waals surface area contributed by atoms with Crippen LogP contribution in [0.4, 0.5) is 10.1 Å². The molecule has 0 saturated carbocycles. The van der Waals surface area contributed by atoms with Crippen molar-refractivity contribution in [3.8, 4) is 0 Å². The Morgan fingerprint density at radius 3 is 2.43 bits per heavy atom. The first-order chi connectivity index (χ1) is 10.6. The van der Waals surface area contributed by atoms with Crippen molar-refractivity contribution >= 4 is 24.0 Å². The first-order valence-electron chi connectivity index (χ1n) is 8.16. The average molecular weight is 342 g/mol. The van der Waals surface area contributed by atoms with Crippen LogP contribution >= 0.6 is 12.4 Å². The largest absolute Gasteiger partial charge is 0.368 e. The molecule has 128 valence electrons. The van der Waals surface area contributed by atoms with Gasteiger partial charge in [0.25, 0.3) is 0 Å². The number of piperidine rings is 1. The molecule has 1 amide bonds. The van der Waals surface area contributed by atoms with Crippen molar-refractivity contribution in [2.75, 3.05) is 37.6 Å². The second kappa shape index (κ2) is 7.97. The quantitative estimate of drug-likeness (QED) is 0.896. The van der Waals surface area contributed by atoms with E-state index in [1.165, 1.54) is 12.1 Å². The van der Waals surface area contributed by atoms with E-state index >= 15 is 0 Å². The molecule has 6 heteroatoms. The average Bonchev–Trinajstić information content (AvgIpc) is 2.55. The molecule has 0 radical (unpaired) electrons. The molecule has 3 rings (SSSR count). The van der Waals surface area contributed by atoms with Gasteiger partial charge in [-0.2, -0.15) is 0 Å². The molecule has 2 fully saturated rings. The summed E-state index contributed by atoms with van der Waals surface area (Å²) in [6, 6.07) is 6.57. The van der Waals surface area contributed by atoms with Gasteiger partial charge in [-0.3, -0.25) is 4.79 Å². The summed E-state index contributed by atoms with van der Waals surface area (Å²) in [7, 11) is 0. The minimum atomic E-state index is -0.213. The maximum atomic E-state index is 13.0. The van der Waals surface area contributed by atoms with Gasteiger partial charge in [0.15, 0.2) is 0 Å². The summed E-state index contributed by atoms with van der Waals surface area (Å²) in [5, 5.41) is 3.35. The lowest BCUT2D eigenvalue weighted by Crippen LogP contribution is -2.55. The summed E-state index contributed by atoms with van der Waals surface area (Å²) in [4.78, 5) is 16.8. The first-order valence-corrected chi connectivity index (χ1v) is 8.16. The van der Waals surface area contributed by atoms with Crippen LogP contribution in [0.25, 0.3) is 0 Å². The van der Waals surface area contributed by atoms with E-state index < -0.39 is 0 Å². The van der Waals surface area contributed by atoms with E-state index in [-0.39, 0.29) is 30.2 Å². The fraction of sp³-hybridized carbons (Fsp3) is 0.588. The Morgan fingerprint density at radius 2 is 1.83 bits per heavy atom. The molecular formula is C17H25ClFN3O. The van der Waals surface area contributed by atoms with Gasteiger partial charge in [-0.25, -0.2) is 4.39 Å². The number of rotatable bonds is 2. The maximum absolute atomic E-state index is 13.0. The molecule has 2 heterocycles. The highest BCUT2D eigenvalue weighted by atomic mass is 35.5. The number of benzene rings is 1. The van der Waals surface area contributed by atoms with Crippen LogP contribution in [0.15, 0.2) is 24.3 Å². The highest BCUT2D eigenvalue weighted by Gasteiger charge is 2.30.